The normalized spacial score (nSPS) is 14.4. The first-order valence-corrected chi connectivity index (χ1v) is 10.8. The predicted molar refractivity (Wildman–Crippen MR) is 120 cm³/mol. The van der Waals surface area contributed by atoms with E-state index in [0.717, 1.165) is 65.4 Å². The van der Waals surface area contributed by atoms with E-state index >= 15 is 0 Å². The Balaban J connectivity index is 2.08. The number of hydrogen-bond acceptors (Lipinski definition) is 6. The highest BCUT2D eigenvalue weighted by molar-refractivity contribution is 5.57. The van der Waals surface area contributed by atoms with Crippen molar-refractivity contribution in [2.45, 2.75) is 52.9 Å². The third-order valence-corrected chi connectivity index (χ3v) is 5.83. The summed E-state index contributed by atoms with van der Waals surface area (Å²) in [5, 5.41) is 0. The van der Waals surface area contributed by atoms with E-state index in [2.05, 4.69) is 25.7 Å². The van der Waals surface area contributed by atoms with E-state index in [1.807, 2.05) is 19.1 Å². The van der Waals surface area contributed by atoms with Gasteiger partial charge in [0.2, 0.25) is 0 Å². The average Bonchev–Trinajstić information content (AvgIpc) is 3.57. The molecule has 0 bridgehead atoms. The summed E-state index contributed by atoms with van der Waals surface area (Å²) in [7, 11) is 4.99. The molecule has 0 N–H and O–H groups in total. The van der Waals surface area contributed by atoms with Crippen molar-refractivity contribution in [2.75, 3.05) is 39.3 Å². The lowest BCUT2D eigenvalue weighted by atomic mass is 9.92. The summed E-state index contributed by atoms with van der Waals surface area (Å²) >= 11 is 0. The van der Waals surface area contributed by atoms with Gasteiger partial charge in [-0.25, -0.2) is 9.97 Å². The van der Waals surface area contributed by atoms with E-state index in [9.17, 15) is 0 Å². The topological polar surface area (TPSA) is 56.7 Å². The molecule has 1 atom stereocenters. The smallest absolute Gasteiger partial charge is 0.135 e. The number of methoxy groups -OCH3 is 3. The zero-order chi connectivity index (χ0) is 21.8. The molecule has 30 heavy (non-hydrogen) atoms. The van der Waals surface area contributed by atoms with Gasteiger partial charge in [0, 0.05) is 42.3 Å². The molecule has 0 radical (unpaired) electrons. The highest BCUT2D eigenvalue weighted by atomic mass is 16.5. The van der Waals surface area contributed by atoms with Gasteiger partial charge in [0.15, 0.2) is 0 Å². The summed E-state index contributed by atoms with van der Waals surface area (Å²) in [4.78, 5) is 12.2. The van der Waals surface area contributed by atoms with E-state index in [4.69, 9.17) is 24.2 Å². The van der Waals surface area contributed by atoms with Crippen molar-refractivity contribution in [1.82, 2.24) is 9.97 Å². The molecule has 6 nitrogen and oxygen atoms in total. The van der Waals surface area contributed by atoms with Crippen molar-refractivity contribution in [3.05, 3.63) is 34.8 Å². The lowest BCUT2D eigenvalue weighted by molar-refractivity contribution is 0.367. The third kappa shape index (κ3) is 4.63. The first kappa shape index (κ1) is 22.2. The first-order chi connectivity index (χ1) is 14.4. The maximum atomic E-state index is 5.71. The summed E-state index contributed by atoms with van der Waals surface area (Å²) in [5.41, 5.74) is 3.11. The van der Waals surface area contributed by atoms with Crippen molar-refractivity contribution < 1.29 is 14.2 Å². The Morgan fingerprint density at radius 1 is 1.03 bits per heavy atom. The minimum absolute atomic E-state index is 0.0225. The van der Waals surface area contributed by atoms with Crippen LogP contribution in [0.5, 0.6) is 17.2 Å². The van der Waals surface area contributed by atoms with Crippen molar-refractivity contribution in [2.24, 2.45) is 5.92 Å². The Labute approximate surface area is 180 Å². The van der Waals surface area contributed by atoms with Crippen LogP contribution in [0.4, 0.5) is 5.82 Å². The quantitative estimate of drug-likeness (QED) is 0.552. The van der Waals surface area contributed by atoms with Crippen LogP contribution in [0.2, 0.25) is 0 Å². The van der Waals surface area contributed by atoms with E-state index in [-0.39, 0.29) is 5.92 Å². The molecule has 6 heteroatoms. The number of benzene rings is 1. The second-order valence-electron chi connectivity index (χ2n) is 8.16. The molecule has 164 valence electrons. The van der Waals surface area contributed by atoms with Crippen LogP contribution in [-0.4, -0.2) is 44.4 Å². The maximum absolute atomic E-state index is 5.71. The standard InChI is InChI=1S/C24H35N3O3/c1-8-11-27(14-18-9-10-18)24-16(3)23(25-17(4)26-24)15(2)22-20(29-6)12-19(28-5)13-21(22)30-7/h12-13,15,18H,8-11,14H2,1-7H3. The van der Waals surface area contributed by atoms with Crippen molar-refractivity contribution in [3.63, 3.8) is 0 Å². The average molecular weight is 414 g/mol. The van der Waals surface area contributed by atoms with Crippen LogP contribution in [0.25, 0.3) is 0 Å². The van der Waals surface area contributed by atoms with Crippen molar-refractivity contribution >= 4 is 5.82 Å². The van der Waals surface area contributed by atoms with Gasteiger partial charge in [-0.3, -0.25) is 0 Å². The maximum Gasteiger partial charge on any atom is 0.135 e. The zero-order valence-corrected chi connectivity index (χ0v) is 19.4. The third-order valence-electron chi connectivity index (χ3n) is 5.83. The van der Waals surface area contributed by atoms with Crippen LogP contribution < -0.4 is 19.1 Å². The fourth-order valence-corrected chi connectivity index (χ4v) is 4.13. The SMILES string of the molecule is CCCN(CC1CC1)c1nc(C)nc(C(C)c2c(OC)cc(OC)cc2OC)c1C. The minimum atomic E-state index is -0.0225. The van der Waals surface area contributed by atoms with Crippen LogP contribution in [-0.2, 0) is 0 Å². The number of aromatic nitrogens is 2. The van der Waals surface area contributed by atoms with Crippen LogP contribution in [0, 0.1) is 19.8 Å². The largest absolute Gasteiger partial charge is 0.496 e. The molecule has 0 aliphatic heterocycles. The number of nitrogens with zero attached hydrogens (tertiary/aromatic N) is 3. The molecule has 1 aromatic carbocycles. The summed E-state index contributed by atoms with van der Waals surface area (Å²) in [6, 6.07) is 3.80. The van der Waals surface area contributed by atoms with Gasteiger partial charge < -0.3 is 19.1 Å². The van der Waals surface area contributed by atoms with Crippen molar-refractivity contribution in [1.29, 1.82) is 0 Å². The number of rotatable bonds is 10. The second-order valence-corrected chi connectivity index (χ2v) is 8.16. The van der Waals surface area contributed by atoms with Gasteiger partial charge in [-0.05, 0) is 39.0 Å². The molecule has 0 amide bonds. The molecule has 1 fully saturated rings. The Bertz CT molecular complexity index is 855. The molecule has 1 heterocycles. The molecule has 1 saturated carbocycles. The molecule has 0 spiro atoms. The molecule has 1 aliphatic carbocycles. The first-order valence-electron chi connectivity index (χ1n) is 10.8. The zero-order valence-electron chi connectivity index (χ0n) is 19.4. The molecule has 3 rings (SSSR count). The Morgan fingerprint density at radius 3 is 2.17 bits per heavy atom. The Kier molecular flexibility index (Phi) is 7.06. The molecule has 2 aromatic rings. The fourth-order valence-electron chi connectivity index (χ4n) is 4.13. The van der Waals surface area contributed by atoms with E-state index in [1.54, 1.807) is 21.3 Å². The van der Waals surface area contributed by atoms with Crippen LogP contribution in [0.3, 0.4) is 0 Å². The van der Waals surface area contributed by atoms with Gasteiger partial charge in [-0.1, -0.05) is 13.8 Å². The van der Waals surface area contributed by atoms with Crippen LogP contribution >= 0.6 is 0 Å². The lowest BCUT2D eigenvalue weighted by Crippen LogP contribution is -2.29. The minimum Gasteiger partial charge on any atom is -0.496 e. The number of hydrogen-bond donors (Lipinski definition) is 0. The van der Waals surface area contributed by atoms with E-state index in [1.165, 1.54) is 12.8 Å². The number of aryl methyl sites for hydroxylation is 1. The van der Waals surface area contributed by atoms with Gasteiger partial charge in [-0.2, -0.15) is 0 Å². The predicted octanol–water partition coefficient (Wildman–Crippen LogP) is 4.90. The molecular formula is C24H35N3O3. The van der Waals surface area contributed by atoms with Crippen LogP contribution in [0.1, 0.15) is 61.7 Å². The van der Waals surface area contributed by atoms with Crippen LogP contribution in [0.15, 0.2) is 12.1 Å². The van der Waals surface area contributed by atoms with Gasteiger partial charge in [-0.15, -0.1) is 0 Å². The summed E-state index contributed by atoms with van der Waals surface area (Å²) < 4.78 is 16.8. The van der Waals surface area contributed by atoms with Gasteiger partial charge >= 0.3 is 0 Å². The monoisotopic (exact) mass is 413 g/mol. The molecule has 0 saturated heterocycles. The summed E-state index contributed by atoms with van der Waals surface area (Å²) in [5.74, 6) is 4.80. The van der Waals surface area contributed by atoms with Crippen molar-refractivity contribution in [3.8, 4) is 17.2 Å². The van der Waals surface area contributed by atoms with E-state index < -0.39 is 0 Å². The summed E-state index contributed by atoms with van der Waals surface area (Å²) in [6.07, 6.45) is 3.75. The van der Waals surface area contributed by atoms with Gasteiger partial charge in [0.05, 0.1) is 27.0 Å². The summed E-state index contributed by atoms with van der Waals surface area (Å²) in [6.45, 7) is 10.6. The van der Waals surface area contributed by atoms with Gasteiger partial charge in [0.1, 0.15) is 28.9 Å². The Hall–Kier alpha value is -2.50. The highest BCUT2D eigenvalue weighted by Gasteiger charge is 2.28. The van der Waals surface area contributed by atoms with E-state index in [0.29, 0.717) is 5.75 Å². The number of ether oxygens (including phenoxy) is 3. The highest BCUT2D eigenvalue weighted by Crippen LogP contribution is 2.43. The second kappa shape index (κ2) is 9.54. The molecule has 1 unspecified atom stereocenters. The lowest BCUT2D eigenvalue weighted by Gasteiger charge is -2.28. The fraction of sp³-hybridized carbons (Fsp3) is 0.583. The Morgan fingerprint density at radius 2 is 1.67 bits per heavy atom. The molecule has 1 aromatic heterocycles. The number of anilines is 1. The van der Waals surface area contributed by atoms with Gasteiger partial charge in [0.25, 0.3) is 0 Å². The molecule has 1 aliphatic rings. The molecular weight excluding hydrogens is 378 g/mol.